The van der Waals surface area contributed by atoms with Crippen molar-refractivity contribution in [1.82, 2.24) is 24.8 Å². The number of pyridine rings is 1. The van der Waals surface area contributed by atoms with Crippen LogP contribution in [0.3, 0.4) is 0 Å². The van der Waals surface area contributed by atoms with E-state index in [-0.39, 0.29) is 23.2 Å². The number of hydrogen-bond acceptors (Lipinski definition) is 12. The Morgan fingerprint density at radius 2 is 1.95 bits per heavy atom. The fourth-order valence-electron chi connectivity index (χ4n) is 4.15. The minimum absolute atomic E-state index is 0.209. The first-order valence-electron chi connectivity index (χ1n) is 13.0. The summed E-state index contributed by atoms with van der Waals surface area (Å²) in [5, 5.41) is 6.65. The van der Waals surface area contributed by atoms with E-state index in [2.05, 4.69) is 35.5 Å². The summed E-state index contributed by atoms with van der Waals surface area (Å²) < 4.78 is 10.5. The largest absolute Gasteiger partial charge is 0.462 e. The second kappa shape index (κ2) is 14.0. The summed E-state index contributed by atoms with van der Waals surface area (Å²) in [5.74, 6) is -0.688. The number of nitrogens with zero attached hydrogens (tertiary/aromatic N) is 5. The number of hydrogen-bond donors (Lipinski definition) is 2. The van der Waals surface area contributed by atoms with Crippen molar-refractivity contribution in [2.75, 3.05) is 50.1 Å². The lowest BCUT2D eigenvalue weighted by Gasteiger charge is -2.26. The minimum Gasteiger partial charge on any atom is -0.462 e. The van der Waals surface area contributed by atoms with E-state index in [0.29, 0.717) is 39.3 Å². The third-order valence-electron chi connectivity index (χ3n) is 6.24. The Balaban J connectivity index is 1.18. The van der Waals surface area contributed by atoms with Crippen LogP contribution < -0.4 is 10.6 Å². The molecule has 2 N–H and O–H groups in total. The summed E-state index contributed by atoms with van der Waals surface area (Å²) in [6, 6.07) is 6.58. The van der Waals surface area contributed by atoms with E-state index in [0.717, 1.165) is 45.0 Å². The van der Waals surface area contributed by atoms with Gasteiger partial charge in [0, 0.05) is 54.6 Å². The van der Waals surface area contributed by atoms with Gasteiger partial charge < -0.3 is 20.1 Å². The lowest BCUT2D eigenvalue weighted by atomic mass is 10.1. The Kier molecular flexibility index (Phi) is 9.77. The number of thiazole rings is 1. The zero-order chi connectivity index (χ0) is 29.3. The topological polar surface area (TPSA) is 149 Å². The fraction of sp³-hybridized carbons (Fsp3) is 0.250. The molecule has 12 nitrogen and oxygen atoms in total. The Bertz CT molecular complexity index is 1610. The van der Waals surface area contributed by atoms with Crippen LogP contribution in [-0.4, -0.2) is 82.0 Å². The van der Waals surface area contributed by atoms with Crippen LogP contribution in [0.1, 0.15) is 21.7 Å². The van der Waals surface area contributed by atoms with Crippen molar-refractivity contribution in [3.63, 3.8) is 0 Å². The van der Waals surface area contributed by atoms with Gasteiger partial charge in [-0.1, -0.05) is 11.6 Å². The average molecular weight is 608 g/mol. The first-order chi connectivity index (χ1) is 20.5. The summed E-state index contributed by atoms with van der Waals surface area (Å²) in [7, 11) is 0. The molecule has 1 aliphatic heterocycles. The molecular weight excluding hydrogens is 582 g/mol. The normalized spacial score (nSPS) is 13.7. The van der Waals surface area contributed by atoms with Crippen LogP contribution in [0.4, 0.5) is 17.3 Å². The maximum absolute atomic E-state index is 12.7. The predicted molar refractivity (Wildman–Crippen MR) is 158 cm³/mol. The number of aromatic nitrogens is 4. The van der Waals surface area contributed by atoms with Gasteiger partial charge in [-0.3, -0.25) is 19.5 Å². The van der Waals surface area contributed by atoms with Gasteiger partial charge in [0.2, 0.25) is 11.7 Å². The number of rotatable bonds is 11. The molecule has 1 aromatic carbocycles. The molecule has 0 saturated carbocycles. The highest BCUT2D eigenvalue weighted by Crippen LogP contribution is 2.29. The average Bonchev–Trinajstić information content (AvgIpc) is 3.54. The van der Waals surface area contributed by atoms with E-state index < -0.39 is 11.9 Å². The standard InChI is InChI=1S/C28H26ClN7O5S/c29-21-12-18(2-3-19(21)27(39)23-15-30-17-42-23)34-28-20-13-24(31-14-22(20)32-16-33-28)35-25(37)4-5-26(38)41-9-1-6-36-7-10-40-11-8-36/h2-5,12-17H,1,6-11H2,(H,31,35,37)(H,32,33,34)/b5-4+. The number of halogens is 1. The lowest BCUT2D eigenvalue weighted by Crippen LogP contribution is -2.37. The van der Waals surface area contributed by atoms with E-state index in [1.54, 1.807) is 29.8 Å². The molecule has 0 atom stereocenters. The van der Waals surface area contributed by atoms with Gasteiger partial charge in [0.05, 0.1) is 46.9 Å². The molecule has 1 saturated heterocycles. The quantitative estimate of drug-likeness (QED) is 0.111. The molecule has 5 rings (SSSR count). The van der Waals surface area contributed by atoms with Gasteiger partial charge in [0.15, 0.2) is 0 Å². The van der Waals surface area contributed by atoms with Crippen molar-refractivity contribution in [2.45, 2.75) is 6.42 Å². The van der Waals surface area contributed by atoms with E-state index in [1.807, 2.05) is 0 Å². The van der Waals surface area contributed by atoms with E-state index in [1.165, 1.54) is 30.1 Å². The van der Waals surface area contributed by atoms with E-state index >= 15 is 0 Å². The lowest BCUT2D eigenvalue weighted by molar-refractivity contribution is -0.138. The van der Waals surface area contributed by atoms with Crippen LogP contribution in [0, 0.1) is 0 Å². The van der Waals surface area contributed by atoms with Crippen LogP contribution in [0.2, 0.25) is 5.02 Å². The van der Waals surface area contributed by atoms with Gasteiger partial charge in [-0.05, 0) is 30.7 Å². The number of anilines is 3. The van der Waals surface area contributed by atoms with Gasteiger partial charge in [0.1, 0.15) is 18.0 Å². The molecule has 1 amide bonds. The maximum atomic E-state index is 12.7. The molecule has 4 heterocycles. The van der Waals surface area contributed by atoms with Crippen LogP contribution in [0.5, 0.6) is 0 Å². The van der Waals surface area contributed by atoms with Crippen molar-refractivity contribution in [3.8, 4) is 0 Å². The first kappa shape index (κ1) is 29.2. The van der Waals surface area contributed by atoms with Crippen molar-refractivity contribution >= 4 is 68.8 Å². The molecule has 0 spiro atoms. The van der Waals surface area contributed by atoms with Crippen molar-refractivity contribution in [3.05, 3.63) is 76.1 Å². The predicted octanol–water partition coefficient (Wildman–Crippen LogP) is 3.87. The zero-order valence-corrected chi connectivity index (χ0v) is 23.9. The molecule has 42 heavy (non-hydrogen) atoms. The number of benzene rings is 1. The van der Waals surface area contributed by atoms with Gasteiger partial charge in [0.25, 0.3) is 0 Å². The van der Waals surface area contributed by atoms with Crippen LogP contribution in [-0.2, 0) is 19.1 Å². The van der Waals surface area contributed by atoms with Crippen molar-refractivity contribution in [2.24, 2.45) is 0 Å². The summed E-state index contributed by atoms with van der Waals surface area (Å²) in [4.78, 5) is 56.5. The second-order valence-corrected chi connectivity index (χ2v) is 10.4. The molecule has 14 heteroatoms. The summed E-state index contributed by atoms with van der Waals surface area (Å²) in [5.41, 5.74) is 3.07. The van der Waals surface area contributed by atoms with Gasteiger partial charge >= 0.3 is 5.97 Å². The number of morpholine rings is 1. The molecule has 1 fully saturated rings. The summed E-state index contributed by atoms with van der Waals surface area (Å²) in [6.45, 7) is 4.27. The number of fused-ring (bicyclic) bond motifs is 1. The molecule has 4 aromatic rings. The Morgan fingerprint density at radius 1 is 1.10 bits per heavy atom. The molecule has 216 valence electrons. The molecule has 0 unspecified atom stereocenters. The molecule has 0 radical (unpaired) electrons. The second-order valence-electron chi connectivity index (χ2n) is 9.12. The number of nitrogens with one attached hydrogen (secondary N) is 2. The Labute approximate surface area is 249 Å². The highest BCUT2D eigenvalue weighted by Gasteiger charge is 2.16. The maximum Gasteiger partial charge on any atom is 0.330 e. The van der Waals surface area contributed by atoms with Gasteiger partial charge in [-0.25, -0.2) is 19.7 Å². The van der Waals surface area contributed by atoms with Crippen LogP contribution >= 0.6 is 22.9 Å². The number of ether oxygens (including phenoxy) is 2. The number of carbonyl (C=O) groups excluding carboxylic acids is 3. The van der Waals surface area contributed by atoms with Gasteiger partial charge in [-0.2, -0.15) is 0 Å². The van der Waals surface area contributed by atoms with Crippen LogP contribution in [0.25, 0.3) is 10.9 Å². The number of amides is 1. The highest BCUT2D eigenvalue weighted by atomic mass is 35.5. The van der Waals surface area contributed by atoms with Crippen molar-refractivity contribution < 1.29 is 23.9 Å². The monoisotopic (exact) mass is 607 g/mol. The molecule has 0 aliphatic carbocycles. The van der Waals surface area contributed by atoms with Gasteiger partial charge in [-0.15, -0.1) is 11.3 Å². The summed E-state index contributed by atoms with van der Waals surface area (Å²) in [6.07, 6.45) is 7.25. The van der Waals surface area contributed by atoms with Crippen LogP contribution in [0.15, 0.2) is 60.6 Å². The fourth-order valence-corrected chi connectivity index (χ4v) is 4.99. The number of ketones is 1. The van der Waals surface area contributed by atoms with E-state index in [9.17, 15) is 14.4 Å². The number of carbonyl (C=O) groups is 3. The highest BCUT2D eigenvalue weighted by molar-refractivity contribution is 7.12. The zero-order valence-electron chi connectivity index (χ0n) is 22.3. The molecule has 3 aromatic heterocycles. The first-order valence-corrected chi connectivity index (χ1v) is 14.3. The summed E-state index contributed by atoms with van der Waals surface area (Å²) >= 11 is 7.66. The Hall–Kier alpha value is -4.30. The van der Waals surface area contributed by atoms with E-state index in [4.69, 9.17) is 21.1 Å². The number of esters is 1. The van der Waals surface area contributed by atoms with Crippen molar-refractivity contribution in [1.29, 1.82) is 0 Å². The molecule has 0 bridgehead atoms. The molecular formula is C28H26ClN7O5S. The smallest absolute Gasteiger partial charge is 0.330 e. The third kappa shape index (κ3) is 7.70. The minimum atomic E-state index is -0.600. The third-order valence-corrected chi connectivity index (χ3v) is 7.33. The Morgan fingerprint density at radius 3 is 2.74 bits per heavy atom. The SMILES string of the molecule is O=C(/C=C/C(=O)OCCCN1CCOCC1)Nc1cc2c(Nc3ccc(C(=O)c4cncs4)c(Cl)c3)ncnc2cn1. The molecule has 1 aliphatic rings.